The third-order valence-corrected chi connectivity index (χ3v) is 5.34. The van der Waals surface area contributed by atoms with Crippen molar-refractivity contribution >= 4 is 39.0 Å². The number of thiazole rings is 1. The number of hydrogen-bond acceptors (Lipinski definition) is 5. The molecule has 0 fully saturated rings. The summed E-state index contributed by atoms with van der Waals surface area (Å²) in [6, 6.07) is 8.89. The molecule has 0 saturated heterocycles. The summed E-state index contributed by atoms with van der Waals surface area (Å²) in [4.78, 5) is 17.9. The fourth-order valence-corrected chi connectivity index (χ4v) is 3.44. The second-order valence-corrected chi connectivity index (χ2v) is 7.97. The molecule has 3 rings (SSSR count). The molecule has 0 aliphatic carbocycles. The highest BCUT2D eigenvalue weighted by molar-refractivity contribution is 7.84. The Hall–Kier alpha value is -2.85. The van der Waals surface area contributed by atoms with E-state index in [1.165, 1.54) is 49.8 Å². The summed E-state index contributed by atoms with van der Waals surface area (Å²) in [6.45, 7) is 0. The van der Waals surface area contributed by atoms with Crippen molar-refractivity contribution in [3.05, 3.63) is 60.3 Å². The molecule has 10 heteroatoms. The van der Waals surface area contributed by atoms with E-state index >= 15 is 0 Å². The Bertz CT molecular complexity index is 1040. The van der Waals surface area contributed by atoms with Gasteiger partial charge in [0.25, 0.3) is 0 Å². The highest BCUT2D eigenvalue weighted by atomic mass is 32.2. The van der Waals surface area contributed by atoms with Crippen LogP contribution in [-0.4, -0.2) is 28.5 Å². The monoisotopic (exact) mass is 423 g/mol. The summed E-state index contributed by atoms with van der Waals surface area (Å²) < 4.78 is 44.4. The summed E-state index contributed by atoms with van der Waals surface area (Å²) in [5, 5.41) is 3.10. The maximum atomic E-state index is 14.1. The van der Waals surface area contributed by atoms with Crippen LogP contribution in [0.15, 0.2) is 53.6 Å². The number of nitrogens with one attached hydrogen (secondary N) is 1. The van der Waals surface area contributed by atoms with E-state index in [2.05, 4.69) is 10.3 Å². The van der Waals surface area contributed by atoms with Crippen LogP contribution < -0.4 is 15.0 Å². The van der Waals surface area contributed by atoms with Gasteiger partial charge in [0.2, 0.25) is 5.06 Å². The van der Waals surface area contributed by atoms with E-state index < -0.39 is 28.5 Å². The Morgan fingerprint density at radius 2 is 2.04 bits per heavy atom. The van der Waals surface area contributed by atoms with E-state index in [1.54, 1.807) is 6.07 Å². The summed E-state index contributed by atoms with van der Waals surface area (Å²) in [6.07, 6.45) is 2.85. The number of rotatable bonds is 5. The van der Waals surface area contributed by atoms with E-state index in [0.717, 1.165) is 22.3 Å². The number of nitrogens with zero attached hydrogens (tertiary/aromatic N) is 2. The van der Waals surface area contributed by atoms with Crippen LogP contribution in [0.3, 0.4) is 0 Å². The molecule has 1 atom stereocenters. The molecule has 3 aromatic rings. The predicted octanol–water partition coefficient (Wildman–Crippen LogP) is 4.62. The Balaban J connectivity index is 1.70. The highest BCUT2D eigenvalue weighted by Crippen LogP contribution is 2.31. The van der Waals surface area contributed by atoms with Crippen molar-refractivity contribution in [3.8, 4) is 10.8 Å². The van der Waals surface area contributed by atoms with Crippen LogP contribution in [0.5, 0.6) is 10.8 Å². The number of ether oxygens (including phenoxy) is 1. The van der Waals surface area contributed by atoms with E-state index in [-0.39, 0.29) is 10.8 Å². The van der Waals surface area contributed by atoms with Crippen molar-refractivity contribution < 1.29 is 22.5 Å². The molecule has 1 N–H and O–H groups in total. The number of benzene rings is 2. The fraction of sp³-hybridized carbons (Fsp3) is 0.111. The van der Waals surface area contributed by atoms with Crippen LogP contribution in [0.4, 0.5) is 24.4 Å². The second kappa shape index (κ2) is 8.44. The van der Waals surface area contributed by atoms with Crippen LogP contribution in [0.2, 0.25) is 0 Å². The van der Waals surface area contributed by atoms with Gasteiger partial charge in [-0.05, 0) is 30.3 Å². The van der Waals surface area contributed by atoms with Gasteiger partial charge >= 0.3 is 6.03 Å². The zero-order valence-corrected chi connectivity index (χ0v) is 16.4. The zero-order valence-electron chi connectivity index (χ0n) is 14.8. The predicted molar refractivity (Wildman–Crippen MR) is 105 cm³/mol. The van der Waals surface area contributed by atoms with Gasteiger partial charge in [0.1, 0.15) is 17.4 Å². The van der Waals surface area contributed by atoms with Gasteiger partial charge in [0, 0.05) is 35.1 Å². The quantitative estimate of drug-likeness (QED) is 0.650. The second-order valence-electron chi connectivity index (χ2n) is 5.60. The number of carbonyl (C=O) groups is 1. The Morgan fingerprint density at radius 3 is 2.75 bits per heavy atom. The molecule has 0 radical (unpaired) electrons. The first-order chi connectivity index (χ1) is 13.3. The molecule has 6 nitrogen and oxygen atoms in total. The molecular formula is C18H15F2N3O3S2. The van der Waals surface area contributed by atoms with Crippen LogP contribution in [0.1, 0.15) is 0 Å². The van der Waals surface area contributed by atoms with E-state index in [1.807, 2.05) is 0 Å². The number of aromatic nitrogens is 1. The minimum atomic E-state index is -1.31. The lowest BCUT2D eigenvalue weighted by Gasteiger charge is -2.18. The highest BCUT2D eigenvalue weighted by Gasteiger charge is 2.18. The van der Waals surface area contributed by atoms with Crippen LogP contribution in [0.25, 0.3) is 0 Å². The van der Waals surface area contributed by atoms with Gasteiger partial charge in [-0.25, -0.2) is 18.6 Å². The average Bonchev–Trinajstić information content (AvgIpc) is 3.08. The number of hydrogen-bond donors (Lipinski definition) is 1. The van der Waals surface area contributed by atoms with Crippen molar-refractivity contribution in [2.75, 3.05) is 23.5 Å². The zero-order chi connectivity index (χ0) is 20.3. The number of urea groups is 1. The molecule has 2 amide bonds. The van der Waals surface area contributed by atoms with Gasteiger partial charge in [-0.1, -0.05) is 17.4 Å². The molecular weight excluding hydrogens is 408 g/mol. The van der Waals surface area contributed by atoms with E-state index in [0.29, 0.717) is 15.7 Å². The van der Waals surface area contributed by atoms with Crippen molar-refractivity contribution in [1.82, 2.24) is 4.98 Å². The maximum Gasteiger partial charge on any atom is 0.327 e. The largest absolute Gasteiger partial charge is 0.445 e. The Morgan fingerprint density at radius 1 is 1.25 bits per heavy atom. The van der Waals surface area contributed by atoms with Gasteiger partial charge in [-0.2, -0.15) is 0 Å². The lowest BCUT2D eigenvalue weighted by Crippen LogP contribution is -2.31. The van der Waals surface area contributed by atoms with Crippen LogP contribution in [-0.2, 0) is 10.8 Å². The molecule has 0 spiro atoms. The van der Waals surface area contributed by atoms with Gasteiger partial charge in [-0.3, -0.25) is 14.4 Å². The normalized spacial score (nSPS) is 11.7. The Kier molecular flexibility index (Phi) is 6.00. The van der Waals surface area contributed by atoms with Crippen molar-refractivity contribution in [2.45, 2.75) is 4.90 Å². The van der Waals surface area contributed by atoms with Gasteiger partial charge in [0.05, 0.1) is 11.9 Å². The lowest BCUT2D eigenvalue weighted by molar-refractivity contribution is 0.258. The molecule has 1 unspecified atom stereocenters. The number of amides is 2. The third kappa shape index (κ3) is 4.70. The van der Waals surface area contributed by atoms with Gasteiger partial charge in [0.15, 0.2) is 5.13 Å². The first-order valence-electron chi connectivity index (χ1n) is 7.90. The molecule has 1 heterocycles. The van der Waals surface area contributed by atoms with Crippen molar-refractivity contribution in [2.24, 2.45) is 0 Å². The lowest BCUT2D eigenvalue weighted by atomic mass is 10.3. The third-order valence-electron chi connectivity index (χ3n) is 3.63. The molecule has 0 bridgehead atoms. The minimum Gasteiger partial charge on any atom is -0.445 e. The Labute approximate surface area is 166 Å². The summed E-state index contributed by atoms with van der Waals surface area (Å²) in [5.41, 5.74) is -0.0157. The SMILES string of the molecule is CN(C(=O)Nc1ncc(Oc2cccc(F)c2)s1)c1cc(S(C)=O)ccc1F. The molecule has 0 aliphatic rings. The molecule has 28 heavy (non-hydrogen) atoms. The number of halogens is 2. The molecule has 0 saturated carbocycles. The summed E-state index contributed by atoms with van der Waals surface area (Å²) >= 11 is 1.03. The molecule has 146 valence electrons. The standard InChI is InChI=1S/C18H15F2N3O3S2/c1-23(15-9-13(28(2)25)6-7-14(15)20)18(24)22-17-21-10-16(27-17)26-12-5-3-4-11(19)8-12/h3-10H,1-2H3,(H,21,22,24). The summed E-state index contributed by atoms with van der Waals surface area (Å²) in [7, 11) is 0.0711. The van der Waals surface area contributed by atoms with E-state index in [9.17, 15) is 17.8 Å². The summed E-state index contributed by atoms with van der Waals surface area (Å²) in [5.74, 6) is -0.763. The smallest absolute Gasteiger partial charge is 0.327 e. The molecule has 2 aromatic carbocycles. The van der Waals surface area contributed by atoms with Gasteiger partial charge < -0.3 is 4.74 Å². The topological polar surface area (TPSA) is 71.5 Å². The molecule has 0 aliphatic heterocycles. The van der Waals surface area contributed by atoms with Gasteiger partial charge in [-0.15, -0.1) is 0 Å². The van der Waals surface area contributed by atoms with Crippen LogP contribution >= 0.6 is 11.3 Å². The van der Waals surface area contributed by atoms with E-state index in [4.69, 9.17) is 4.74 Å². The van der Waals surface area contributed by atoms with Crippen molar-refractivity contribution in [1.29, 1.82) is 0 Å². The van der Waals surface area contributed by atoms with Crippen LogP contribution in [0, 0.1) is 11.6 Å². The fourth-order valence-electron chi connectivity index (χ4n) is 2.22. The first kappa shape index (κ1) is 19.9. The minimum absolute atomic E-state index is 0.0157. The van der Waals surface area contributed by atoms with Crippen molar-refractivity contribution in [3.63, 3.8) is 0 Å². The number of carbonyl (C=O) groups excluding carboxylic acids is 1. The first-order valence-corrected chi connectivity index (χ1v) is 10.3. The number of anilines is 2. The molecule has 1 aromatic heterocycles. The maximum absolute atomic E-state index is 14.1. The average molecular weight is 423 g/mol.